The number of fused-ring (bicyclic) bond motifs is 1. The summed E-state index contributed by atoms with van der Waals surface area (Å²) in [5.41, 5.74) is 1.90. The Kier molecular flexibility index (Phi) is 5.99. The molecule has 1 fully saturated rings. The number of halogens is 1. The molecule has 0 atom stereocenters. The van der Waals surface area contributed by atoms with Gasteiger partial charge in [0.25, 0.3) is 0 Å². The lowest BCUT2D eigenvalue weighted by molar-refractivity contribution is 0.233. The fourth-order valence-electron chi connectivity index (χ4n) is 3.75. The first-order valence-corrected chi connectivity index (χ1v) is 10.9. The molecule has 33 heavy (non-hydrogen) atoms. The molecule has 0 unspecified atom stereocenters. The molecule has 10 heteroatoms. The number of anilines is 2. The fourth-order valence-corrected chi connectivity index (χ4v) is 3.75. The minimum absolute atomic E-state index is 0.105. The van der Waals surface area contributed by atoms with Crippen molar-refractivity contribution < 1.29 is 13.9 Å². The number of pyridine rings is 1. The second-order valence-corrected chi connectivity index (χ2v) is 7.88. The highest BCUT2D eigenvalue weighted by atomic mass is 19.1. The fraction of sp³-hybridized carbons (Fsp3) is 0.304. The molecule has 0 saturated carbocycles. The summed E-state index contributed by atoms with van der Waals surface area (Å²) < 4.78 is 26.2. The van der Waals surface area contributed by atoms with Crippen molar-refractivity contribution in [3.05, 3.63) is 54.4 Å². The topological polar surface area (TPSA) is 101 Å². The van der Waals surface area contributed by atoms with E-state index in [0.717, 1.165) is 25.3 Å². The average Bonchev–Trinajstić information content (AvgIpc) is 3.48. The number of benzene rings is 1. The maximum absolute atomic E-state index is 14.7. The van der Waals surface area contributed by atoms with Crippen molar-refractivity contribution in [1.29, 1.82) is 0 Å². The van der Waals surface area contributed by atoms with Gasteiger partial charge in [-0.25, -0.2) is 14.4 Å². The third-order valence-corrected chi connectivity index (χ3v) is 5.48. The Balaban J connectivity index is 1.31. The molecule has 9 nitrogen and oxygen atoms in total. The number of ether oxygens (including phenoxy) is 2. The Morgan fingerprint density at radius 3 is 2.79 bits per heavy atom. The number of nitrogens with one attached hydrogen (secondary N) is 2. The van der Waals surface area contributed by atoms with Crippen LogP contribution in [0.1, 0.15) is 18.5 Å². The maximum Gasteiger partial charge on any atom is 0.246 e. The first kappa shape index (κ1) is 21.1. The molecular weight excluding hydrogens is 425 g/mol. The van der Waals surface area contributed by atoms with Crippen molar-refractivity contribution in [1.82, 2.24) is 30.0 Å². The molecule has 4 aromatic rings. The highest BCUT2D eigenvalue weighted by Crippen LogP contribution is 2.31. The van der Waals surface area contributed by atoms with E-state index < -0.39 is 5.82 Å². The number of hydrogen-bond donors (Lipinski definition) is 2. The van der Waals surface area contributed by atoms with Gasteiger partial charge in [-0.2, -0.15) is 0 Å². The van der Waals surface area contributed by atoms with Crippen molar-refractivity contribution in [2.24, 2.45) is 0 Å². The third-order valence-electron chi connectivity index (χ3n) is 5.48. The van der Waals surface area contributed by atoms with Crippen LogP contribution in [0.4, 0.5) is 15.9 Å². The summed E-state index contributed by atoms with van der Waals surface area (Å²) in [6, 6.07) is 8.16. The Morgan fingerprint density at radius 2 is 2.00 bits per heavy atom. The van der Waals surface area contributed by atoms with E-state index in [9.17, 15) is 4.39 Å². The van der Waals surface area contributed by atoms with Crippen LogP contribution in [0.15, 0.2) is 42.9 Å². The van der Waals surface area contributed by atoms with Gasteiger partial charge >= 0.3 is 0 Å². The summed E-state index contributed by atoms with van der Waals surface area (Å²) in [5.74, 6) is 0.945. The van der Waals surface area contributed by atoms with Crippen molar-refractivity contribution >= 4 is 22.5 Å². The van der Waals surface area contributed by atoms with E-state index in [4.69, 9.17) is 9.47 Å². The van der Waals surface area contributed by atoms with E-state index >= 15 is 0 Å². The van der Waals surface area contributed by atoms with E-state index in [1.807, 2.05) is 6.92 Å². The van der Waals surface area contributed by atoms with Crippen LogP contribution in [-0.2, 0) is 0 Å². The molecule has 1 aromatic carbocycles. The molecule has 0 radical (unpaired) electrons. The lowest BCUT2D eigenvalue weighted by Crippen LogP contribution is -2.25. The quantitative estimate of drug-likeness (QED) is 0.413. The first-order chi connectivity index (χ1) is 16.2. The number of aryl methyl sites for hydroxylation is 1. The highest BCUT2D eigenvalue weighted by molar-refractivity contribution is 5.92. The summed E-state index contributed by atoms with van der Waals surface area (Å²) in [6.45, 7) is 5.44. The highest BCUT2D eigenvalue weighted by Gasteiger charge is 2.17. The minimum atomic E-state index is -0.514. The van der Waals surface area contributed by atoms with Crippen LogP contribution in [0.2, 0.25) is 0 Å². The van der Waals surface area contributed by atoms with Crippen LogP contribution < -0.4 is 14.8 Å². The summed E-state index contributed by atoms with van der Waals surface area (Å²) in [4.78, 5) is 15.1. The number of likely N-dealkylation sites (tertiary alicyclic amines) is 1. The molecule has 1 aliphatic heterocycles. The second kappa shape index (κ2) is 9.37. The van der Waals surface area contributed by atoms with Crippen LogP contribution >= 0.6 is 0 Å². The van der Waals surface area contributed by atoms with Crippen molar-refractivity contribution in [2.45, 2.75) is 19.8 Å². The zero-order chi connectivity index (χ0) is 22.6. The van der Waals surface area contributed by atoms with Gasteiger partial charge in [0.1, 0.15) is 29.9 Å². The smallest absolute Gasteiger partial charge is 0.246 e. The van der Waals surface area contributed by atoms with Crippen LogP contribution in [0.3, 0.4) is 0 Å². The predicted octanol–water partition coefficient (Wildman–Crippen LogP) is 4.21. The van der Waals surface area contributed by atoms with E-state index in [1.165, 1.54) is 25.2 Å². The van der Waals surface area contributed by atoms with E-state index in [2.05, 4.69) is 35.4 Å². The Morgan fingerprint density at radius 1 is 1.12 bits per heavy atom. The standard InChI is InChI=1S/C23H24FN7O2/c1-15-4-6-17(13-25-15)33-19-7-5-16(12-18(19)24)28-21-20-22(27-14-26-21)29-30-23(20)32-11-10-31-8-2-3-9-31/h4-7,12-14H,2-3,8-11H2,1H3,(H2,26,27,28,29,30). The number of aromatic amines is 1. The summed E-state index contributed by atoms with van der Waals surface area (Å²) in [5, 5.41) is 10.9. The molecule has 2 N–H and O–H groups in total. The molecular formula is C23H24FN7O2. The van der Waals surface area contributed by atoms with Gasteiger partial charge in [0.05, 0.1) is 6.20 Å². The van der Waals surface area contributed by atoms with Gasteiger partial charge in [0.15, 0.2) is 17.2 Å². The Labute approximate surface area is 190 Å². The number of H-pyrrole nitrogens is 1. The lowest BCUT2D eigenvalue weighted by Gasteiger charge is -2.14. The van der Waals surface area contributed by atoms with Gasteiger partial charge in [-0.15, -0.1) is 5.10 Å². The molecule has 4 heterocycles. The predicted molar refractivity (Wildman–Crippen MR) is 122 cm³/mol. The Hall–Kier alpha value is -3.79. The largest absolute Gasteiger partial charge is 0.475 e. The summed E-state index contributed by atoms with van der Waals surface area (Å²) in [6.07, 6.45) is 5.43. The van der Waals surface area contributed by atoms with E-state index in [0.29, 0.717) is 40.8 Å². The zero-order valence-electron chi connectivity index (χ0n) is 18.2. The number of hydrogen-bond acceptors (Lipinski definition) is 8. The molecule has 170 valence electrons. The van der Waals surface area contributed by atoms with Crippen LogP contribution in [0.25, 0.3) is 11.0 Å². The molecule has 0 aliphatic carbocycles. The van der Waals surface area contributed by atoms with Crippen molar-refractivity contribution in [2.75, 3.05) is 31.6 Å². The number of nitrogens with zero attached hydrogens (tertiary/aromatic N) is 5. The second-order valence-electron chi connectivity index (χ2n) is 7.88. The number of aromatic nitrogens is 5. The molecule has 0 spiro atoms. The maximum atomic E-state index is 14.7. The van der Waals surface area contributed by atoms with Gasteiger partial charge in [0.2, 0.25) is 5.88 Å². The zero-order valence-corrected chi connectivity index (χ0v) is 18.2. The average molecular weight is 449 g/mol. The Bertz CT molecular complexity index is 1240. The molecule has 0 bridgehead atoms. The van der Waals surface area contributed by atoms with Crippen LogP contribution in [0.5, 0.6) is 17.4 Å². The van der Waals surface area contributed by atoms with Gasteiger partial charge in [-0.1, -0.05) is 0 Å². The van der Waals surface area contributed by atoms with Gasteiger partial charge in [-0.3, -0.25) is 15.0 Å². The molecule has 1 saturated heterocycles. The molecule has 0 amide bonds. The summed E-state index contributed by atoms with van der Waals surface area (Å²) in [7, 11) is 0. The van der Waals surface area contributed by atoms with E-state index in [1.54, 1.807) is 30.5 Å². The molecule has 3 aromatic heterocycles. The van der Waals surface area contributed by atoms with Crippen molar-refractivity contribution in [3.8, 4) is 17.4 Å². The number of rotatable bonds is 8. The first-order valence-electron chi connectivity index (χ1n) is 10.9. The van der Waals surface area contributed by atoms with E-state index in [-0.39, 0.29) is 5.75 Å². The normalized spacial score (nSPS) is 14.0. The molecule has 1 aliphatic rings. The van der Waals surface area contributed by atoms with Gasteiger partial charge in [-0.05, 0) is 57.1 Å². The SMILES string of the molecule is Cc1ccc(Oc2ccc(Nc3ncnc4[nH]nc(OCCN5CCCC5)c34)cc2F)cn1. The minimum Gasteiger partial charge on any atom is -0.475 e. The van der Waals surface area contributed by atoms with Gasteiger partial charge in [0, 0.05) is 24.0 Å². The van der Waals surface area contributed by atoms with Crippen LogP contribution in [0, 0.1) is 12.7 Å². The van der Waals surface area contributed by atoms with Crippen molar-refractivity contribution in [3.63, 3.8) is 0 Å². The molecule has 5 rings (SSSR count). The summed E-state index contributed by atoms with van der Waals surface area (Å²) >= 11 is 0. The van der Waals surface area contributed by atoms with Crippen LogP contribution in [-0.4, -0.2) is 56.3 Å². The lowest BCUT2D eigenvalue weighted by atomic mass is 10.2. The monoisotopic (exact) mass is 449 g/mol. The van der Waals surface area contributed by atoms with Gasteiger partial charge < -0.3 is 14.8 Å². The third kappa shape index (κ3) is 4.85.